The number of nitrogens with zero attached hydrogens (tertiary/aromatic N) is 2. The maximum Gasteiger partial charge on any atom is 0.282 e. The smallest absolute Gasteiger partial charge is 0.282 e. The fraction of sp³-hybridized carbons (Fsp3) is 0.286. The fourth-order valence-electron chi connectivity index (χ4n) is 1.85. The monoisotopic (exact) mass is 305 g/mol. The summed E-state index contributed by atoms with van der Waals surface area (Å²) in [5.74, 6) is -0.437. The molecule has 0 unspecified atom stereocenters. The Labute approximate surface area is 126 Å². The number of aromatic nitrogens is 1. The zero-order valence-corrected chi connectivity index (χ0v) is 12.4. The molecular formula is C14H15N3O3S. The van der Waals surface area contributed by atoms with Gasteiger partial charge in [-0.15, -0.1) is 11.3 Å². The quantitative estimate of drug-likeness (QED) is 0.656. The molecule has 0 spiro atoms. The first-order chi connectivity index (χ1) is 10.1. The lowest BCUT2D eigenvalue weighted by Crippen LogP contribution is -2.26. The molecule has 0 saturated carbocycles. The summed E-state index contributed by atoms with van der Waals surface area (Å²) >= 11 is 1.60. The van der Waals surface area contributed by atoms with Crippen molar-refractivity contribution in [1.29, 1.82) is 0 Å². The van der Waals surface area contributed by atoms with Crippen LogP contribution in [-0.4, -0.2) is 22.4 Å². The molecule has 1 amide bonds. The summed E-state index contributed by atoms with van der Waals surface area (Å²) in [6.07, 6.45) is 1.51. The van der Waals surface area contributed by atoms with Crippen molar-refractivity contribution in [3.05, 3.63) is 56.0 Å². The van der Waals surface area contributed by atoms with Crippen LogP contribution in [0.2, 0.25) is 0 Å². The molecule has 21 heavy (non-hydrogen) atoms. The van der Waals surface area contributed by atoms with Crippen molar-refractivity contribution in [3.8, 4) is 0 Å². The number of benzene rings is 1. The van der Waals surface area contributed by atoms with E-state index >= 15 is 0 Å². The van der Waals surface area contributed by atoms with Crippen LogP contribution >= 0.6 is 11.3 Å². The summed E-state index contributed by atoms with van der Waals surface area (Å²) in [4.78, 5) is 26.7. The van der Waals surface area contributed by atoms with Crippen LogP contribution in [-0.2, 0) is 12.8 Å². The van der Waals surface area contributed by atoms with Gasteiger partial charge >= 0.3 is 0 Å². The van der Waals surface area contributed by atoms with Gasteiger partial charge < -0.3 is 5.32 Å². The topological polar surface area (TPSA) is 85.1 Å². The number of carbonyl (C=O) groups is 1. The van der Waals surface area contributed by atoms with Crippen LogP contribution in [0.3, 0.4) is 0 Å². The molecule has 0 fully saturated rings. The molecule has 0 bridgehead atoms. The lowest BCUT2D eigenvalue weighted by molar-refractivity contribution is -0.385. The number of carbonyl (C=O) groups excluding carboxylic acids is 1. The summed E-state index contributed by atoms with van der Waals surface area (Å²) in [7, 11) is 0. The minimum absolute atomic E-state index is 0.0787. The lowest BCUT2D eigenvalue weighted by Gasteiger charge is -2.04. The SMILES string of the molecule is CCc1nc(CCNC(=O)c2ccccc2[N+](=O)[O-])cs1. The second kappa shape index (κ2) is 6.94. The zero-order valence-electron chi connectivity index (χ0n) is 11.5. The summed E-state index contributed by atoms with van der Waals surface area (Å²) in [6, 6.07) is 5.92. The van der Waals surface area contributed by atoms with Gasteiger partial charge in [0.15, 0.2) is 0 Å². The van der Waals surface area contributed by atoms with Crippen LogP contribution in [0.1, 0.15) is 28.0 Å². The van der Waals surface area contributed by atoms with Crippen molar-refractivity contribution in [2.75, 3.05) is 6.54 Å². The standard InChI is InChI=1S/C14H15N3O3S/c1-2-13-16-10(9-21-13)7-8-15-14(18)11-5-3-4-6-12(11)17(19)20/h3-6,9H,2,7-8H2,1H3,(H,15,18). The Hall–Kier alpha value is -2.28. The van der Waals surface area contributed by atoms with E-state index in [0.29, 0.717) is 13.0 Å². The first kappa shape index (κ1) is 15.1. The average molecular weight is 305 g/mol. The van der Waals surface area contributed by atoms with Crippen molar-refractivity contribution in [2.24, 2.45) is 0 Å². The molecule has 1 aromatic carbocycles. The second-order valence-corrected chi connectivity index (χ2v) is 5.31. The summed E-state index contributed by atoms with van der Waals surface area (Å²) in [5, 5.41) is 16.6. The number of nitro benzene ring substituents is 1. The van der Waals surface area contributed by atoms with E-state index in [0.717, 1.165) is 17.1 Å². The van der Waals surface area contributed by atoms with Crippen LogP contribution in [0.4, 0.5) is 5.69 Å². The highest BCUT2D eigenvalue weighted by atomic mass is 32.1. The molecule has 1 N–H and O–H groups in total. The Morgan fingerprint density at radius 1 is 1.43 bits per heavy atom. The highest BCUT2D eigenvalue weighted by Gasteiger charge is 2.18. The summed E-state index contributed by atoms with van der Waals surface area (Å²) < 4.78 is 0. The molecule has 7 heteroatoms. The van der Waals surface area contributed by atoms with Crippen molar-refractivity contribution in [2.45, 2.75) is 19.8 Å². The molecule has 110 valence electrons. The second-order valence-electron chi connectivity index (χ2n) is 4.37. The molecule has 0 aliphatic heterocycles. The first-order valence-corrected chi connectivity index (χ1v) is 7.44. The Kier molecular flexibility index (Phi) is 4.99. The molecule has 6 nitrogen and oxygen atoms in total. The van der Waals surface area contributed by atoms with Crippen molar-refractivity contribution >= 4 is 22.9 Å². The van der Waals surface area contributed by atoms with E-state index < -0.39 is 10.8 Å². The minimum Gasteiger partial charge on any atom is -0.351 e. The van der Waals surface area contributed by atoms with Crippen molar-refractivity contribution < 1.29 is 9.72 Å². The Bertz CT molecular complexity index is 654. The predicted octanol–water partition coefficient (Wildman–Crippen LogP) is 2.59. The third-order valence-electron chi connectivity index (χ3n) is 2.91. The molecule has 0 aliphatic rings. The number of para-hydroxylation sites is 1. The number of rotatable bonds is 6. The predicted molar refractivity (Wildman–Crippen MR) is 80.6 cm³/mol. The molecule has 2 aromatic rings. The molecule has 0 saturated heterocycles. The van der Waals surface area contributed by atoms with Gasteiger partial charge in [-0.05, 0) is 12.5 Å². The van der Waals surface area contributed by atoms with Gasteiger partial charge in [-0.1, -0.05) is 19.1 Å². The molecule has 1 heterocycles. The number of amides is 1. The summed E-state index contributed by atoms with van der Waals surface area (Å²) in [6.45, 7) is 2.44. The number of nitrogens with one attached hydrogen (secondary N) is 1. The number of aryl methyl sites for hydroxylation is 1. The number of hydrogen-bond donors (Lipinski definition) is 1. The van der Waals surface area contributed by atoms with Crippen LogP contribution < -0.4 is 5.32 Å². The number of thiazole rings is 1. The number of hydrogen-bond acceptors (Lipinski definition) is 5. The van der Waals surface area contributed by atoms with Crippen LogP contribution in [0.5, 0.6) is 0 Å². The largest absolute Gasteiger partial charge is 0.351 e. The van der Waals surface area contributed by atoms with Gasteiger partial charge in [0, 0.05) is 24.4 Å². The lowest BCUT2D eigenvalue weighted by atomic mass is 10.1. The Morgan fingerprint density at radius 2 is 2.19 bits per heavy atom. The van der Waals surface area contributed by atoms with E-state index in [1.807, 2.05) is 12.3 Å². The van der Waals surface area contributed by atoms with Gasteiger partial charge in [0.05, 0.1) is 15.6 Å². The third kappa shape index (κ3) is 3.85. The first-order valence-electron chi connectivity index (χ1n) is 6.56. The molecular weight excluding hydrogens is 290 g/mol. The van der Waals surface area contributed by atoms with E-state index in [1.165, 1.54) is 18.2 Å². The van der Waals surface area contributed by atoms with Gasteiger partial charge in [-0.3, -0.25) is 14.9 Å². The zero-order chi connectivity index (χ0) is 15.2. The van der Waals surface area contributed by atoms with Gasteiger partial charge in [-0.2, -0.15) is 0 Å². The molecule has 0 atom stereocenters. The van der Waals surface area contributed by atoms with E-state index in [4.69, 9.17) is 0 Å². The van der Waals surface area contributed by atoms with Crippen molar-refractivity contribution in [3.63, 3.8) is 0 Å². The highest BCUT2D eigenvalue weighted by molar-refractivity contribution is 7.09. The molecule has 1 aromatic heterocycles. The van der Waals surface area contributed by atoms with E-state index in [1.54, 1.807) is 17.4 Å². The van der Waals surface area contributed by atoms with E-state index in [2.05, 4.69) is 10.3 Å². The summed E-state index contributed by atoms with van der Waals surface area (Å²) in [5.41, 5.74) is 0.826. The van der Waals surface area contributed by atoms with Crippen LogP contribution in [0.25, 0.3) is 0 Å². The molecule has 2 rings (SSSR count). The van der Waals surface area contributed by atoms with Gasteiger partial charge in [-0.25, -0.2) is 4.98 Å². The maximum atomic E-state index is 12.0. The van der Waals surface area contributed by atoms with Gasteiger partial charge in [0.25, 0.3) is 11.6 Å². The Balaban J connectivity index is 1.94. The number of nitro groups is 1. The van der Waals surface area contributed by atoms with E-state index in [9.17, 15) is 14.9 Å². The van der Waals surface area contributed by atoms with Crippen molar-refractivity contribution in [1.82, 2.24) is 10.3 Å². The third-order valence-corrected chi connectivity index (χ3v) is 3.96. The van der Waals surface area contributed by atoms with Gasteiger partial charge in [0.2, 0.25) is 0 Å². The average Bonchev–Trinajstić information content (AvgIpc) is 2.95. The van der Waals surface area contributed by atoms with E-state index in [-0.39, 0.29) is 11.3 Å². The minimum atomic E-state index is -0.553. The normalized spacial score (nSPS) is 10.3. The van der Waals surface area contributed by atoms with Gasteiger partial charge in [0.1, 0.15) is 5.56 Å². The van der Waals surface area contributed by atoms with Crippen LogP contribution in [0, 0.1) is 10.1 Å². The molecule has 0 aliphatic carbocycles. The maximum absolute atomic E-state index is 12.0. The Morgan fingerprint density at radius 3 is 2.86 bits per heavy atom. The highest BCUT2D eigenvalue weighted by Crippen LogP contribution is 2.17. The molecule has 0 radical (unpaired) electrons. The van der Waals surface area contributed by atoms with Crippen LogP contribution in [0.15, 0.2) is 29.6 Å². The fourth-order valence-corrected chi connectivity index (χ4v) is 2.63.